The van der Waals surface area contributed by atoms with Gasteiger partial charge in [0.15, 0.2) is 0 Å². The number of aliphatic hydroxyl groups is 1. The molecule has 0 spiro atoms. The maximum absolute atomic E-state index is 13.4. The van der Waals surface area contributed by atoms with E-state index in [-0.39, 0.29) is 35.4 Å². The van der Waals surface area contributed by atoms with Crippen molar-refractivity contribution in [1.29, 1.82) is 0 Å². The lowest BCUT2D eigenvalue weighted by atomic mass is 9.70. The van der Waals surface area contributed by atoms with E-state index in [1.165, 1.54) is 5.56 Å². The van der Waals surface area contributed by atoms with Crippen molar-refractivity contribution in [1.82, 2.24) is 15.5 Å². The number of nitrogens with zero attached hydrogens (tertiary/aromatic N) is 1. The molecule has 7 heteroatoms. The second kappa shape index (κ2) is 10.4. The third kappa shape index (κ3) is 6.16. The van der Waals surface area contributed by atoms with Crippen molar-refractivity contribution in [3.8, 4) is 0 Å². The first-order valence-corrected chi connectivity index (χ1v) is 12.2. The molecule has 178 valence electrons. The Labute approximate surface area is 197 Å². The number of piperidine rings is 1. The van der Waals surface area contributed by atoms with Crippen molar-refractivity contribution >= 4 is 23.5 Å². The molecule has 3 rings (SSSR count). The average Bonchev–Trinajstić information content (AvgIpc) is 2.73. The number of carbonyl (C=O) groups is 2. The predicted octanol–water partition coefficient (Wildman–Crippen LogP) is 4.31. The fraction of sp³-hybridized carbons (Fsp3) is 0.680. The standard InChI is InChI=1S/C25H38ClN3O3/c1-16(2)22(28-24(32)27-19-9-11-20(30)12-10-19)23(31)29-14-13-21(25(3,4)15-29)17-5-7-18(26)8-6-17/h5-8,16,19-22,30H,9-15H2,1-4H3,(H2,27,28,32)/t19-,20+,21?,22-/m1/s1. The molecule has 2 atom stereocenters. The van der Waals surface area contributed by atoms with E-state index in [0.717, 1.165) is 24.3 Å². The van der Waals surface area contributed by atoms with Gasteiger partial charge < -0.3 is 20.6 Å². The Morgan fingerprint density at radius 3 is 2.28 bits per heavy atom. The quantitative estimate of drug-likeness (QED) is 0.608. The summed E-state index contributed by atoms with van der Waals surface area (Å²) in [6.07, 6.45) is 3.55. The van der Waals surface area contributed by atoms with Crippen molar-refractivity contribution in [3.63, 3.8) is 0 Å². The number of hydrogen-bond acceptors (Lipinski definition) is 3. The van der Waals surface area contributed by atoms with E-state index >= 15 is 0 Å². The lowest BCUT2D eigenvalue weighted by Crippen LogP contribution is -2.58. The summed E-state index contributed by atoms with van der Waals surface area (Å²) in [4.78, 5) is 28.0. The van der Waals surface area contributed by atoms with Gasteiger partial charge in [0.05, 0.1) is 6.10 Å². The highest BCUT2D eigenvalue weighted by Crippen LogP contribution is 2.42. The van der Waals surface area contributed by atoms with Gasteiger partial charge >= 0.3 is 6.03 Å². The first-order valence-electron chi connectivity index (χ1n) is 11.9. The fourth-order valence-corrected chi connectivity index (χ4v) is 5.28. The van der Waals surface area contributed by atoms with E-state index < -0.39 is 6.04 Å². The Balaban J connectivity index is 1.61. The summed E-state index contributed by atoms with van der Waals surface area (Å²) in [5, 5.41) is 16.3. The number of carbonyl (C=O) groups excluding carboxylic acids is 2. The molecular weight excluding hydrogens is 426 g/mol. The van der Waals surface area contributed by atoms with Gasteiger partial charge in [0.25, 0.3) is 0 Å². The number of amides is 3. The number of rotatable bonds is 5. The van der Waals surface area contributed by atoms with Crippen molar-refractivity contribution in [3.05, 3.63) is 34.9 Å². The smallest absolute Gasteiger partial charge is 0.315 e. The summed E-state index contributed by atoms with van der Waals surface area (Å²) >= 11 is 6.06. The molecule has 1 aromatic carbocycles. The molecule has 3 amide bonds. The molecule has 1 aromatic rings. The molecular formula is C25H38ClN3O3. The summed E-state index contributed by atoms with van der Waals surface area (Å²) in [6, 6.07) is 7.21. The first kappa shape index (κ1) is 24.8. The topological polar surface area (TPSA) is 81.7 Å². The van der Waals surface area contributed by atoms with Crippen LogP contribution in [-0.2, 0) is 4.79 Å². The Morgan fingerprint density at radius 1 is 1.09 bits per heavy atom. The number of aliphatic hydroxyl groups excluding tert-OH is 1. The molecule has 6 nitrogen and oxygen atoms in total. The third-order valence-electron chi connectivity index (χ3n) is 7.06. The minimum absolute atomic E-state index is 0.0153. The van der Waals surface area contributed by atoms with Gasteiger partial charge in [-0.05, 0) is 67.1 Å². The van der Waals surface area contributed by atoms with Gasteiger partial charge in [0, 0.05) is 24.2 Å². The van der Waals surface area contributed by atoms with E-state index in [1.807, 2.05) is 30.9 Å². The zero-order valence-electron chi connectivity index (χ0n) is 19.7. The van der Waals surface area contributed by atoms with Crippen molar-refractivity contribution in [2.24, 2.45) is 11.3 Å². The lowest BCUT2D eigenvalue weighted by molar-refractivity contribution is -0.137. The van der Waals surface area contributed by atoms with E-state index in [9.17, 15) is 14.7 Å². The molecule has 1 aliphatic carbocycles. The number of nitrogens with one attached hydrogen (secondary N) is 2. The predicted molar refractivity (Wildman–Crippen MR) is 128 cm³/mol. The van der Waals surface area contributed by atoms with Crippen molar-refractivity contribution in [2.75, 3.05) is 13.1 Å². The number of likely N-dealkylation sites (tertiary alicyclic amines) is 1. The van der Waals surface area contributed by atoms with Gasteiger partial charge in [-0.1, -0.05) is 51.4 Å². The highest BCUT2D eigenvalue weighted by molar-refractivity contribution is 6.30. The SMILES string of the molecule is CC(C)[C@@H](NC(=O)N[C@H]1CC[C@@H](O)CC1)C(=O)N1CCC(c2ccc(Cl)cc2)C(C)(C)C1. The van der Waals surface area contributed by atoms with Crippen LogP contribution in [0.1, 0.15) is 71.3 Å². The summed E-state index contributed by atoms with van der Waals surface area (Å²) in [5.74, 6) is 0.314. The molecule has 1 saturated heterocycles. The van der Waals surface area contributed by atoms with Gasteiger partial charge in [-0.3, -0.25) is 4.79 Å². The van der Waals surface area contributed by atoms with E-state index in [0.29, 0.717) is 31.8 Å². The van der Waals surface area contributed by atoms with Gasteiger partial charge in [-0.2, -0.15) is 0 Å². The van der Waals surface area contributed by atoms with Crippen LogP contribution in [0.4, 0.5) is 4.79 Å². The Bertz CT molecular complexity index is 788. The fourth-order valence-electron chi connectivity index (χ4n) is 5.16. The zero-order chi connectivity index (χ0) is 23.5. The molecule has 32 heavy (non-hydrogen) atoms. The van der Waals surface area contributed by atoms with Crippen LogP contribution in [0.25, 0.3) is 0 Å². The summed E-state index contributed by atoms with van der Waals surface area (Å²) in [6.45, 7) is 9.65. The number of halogens is 1. The van der Waals surface area contributed by atoms with Gasteiger partial charge in [0.2, 0.25) is 5.91 Å². The highest BCUT2D eigenvalue weighted by Gasteiger charge is 2.40. The minimum Gasteiger partial charge on any atom is -0.393 e. The summed E-state index contributed by atoms with van der Waals surface area (Å²) < 4.78 is 0. The Kier molecular flexibility index (Phi) is 8.10. The van der Waals surface area contributed by atoms with Crippen molar-refractivity contribution < 1.29 is 14.7 Å². The van der Waals surface area contributed by atoms with Crippen LogP contribution in [0.15, 0.2) is 24.3 Å². The molecule has 1 unspecified atom stereocenters. The van der Waals surface area contributed by atoms with E-state index in [1.54, 1.807) is 0 Å². The van der Waals surface area contributed by atoms with Crippen LogP contribution >= 0.6 is 11.6 Å². The van der Waals surface area contributed by atoms with Gasteiger partial charge in [0.1, 0.15) is 6.04 Å². The second-order valence-corrected chi connectivity index (χ2v) is 10.9. The van der Waals surface area contributed by atoms with Gasteiger partial charge in [-0.15, -0.1) is 0 Å². The average molecular weight is 464 g/mol. The summed E-state index contributed by atoms with van der Waals surface area (Å²) in [7, 11) is 0. The minimum atomic E-state index is -0.563. The van der Waals surface area contributed by atoms with Crippen LogP contribution in [0.2, 0.25) is 5.02 Å². The molecule has 1 heterocycles. The molecule has 0 aromatic heterocycles. The van der Waals surface area contributed by atoms with Gasteiger partial charge in [-0.25, -0.2) is 4.79 Å². The molecule has 0 bridgehead atoms. The number of benzene rings is 1. The first-order chi connectivity index (χ1) is 15.1. The third-order valence-corrected chi connectivity index (χ3v) is 7.32. The van der Waals surface area contributed by atoms with Crippen LogP contribution in [-0.4, -0.2) is 53.2 Å². The Morgan fingerprint density at radius 2 is 1.72 bits per heavy atom. The zero-order valence-corrected chi connectivity index (χ0v) is 20.5. The molecule has 3 N–H and O–H groups in total. The monoisotopic (exact) mass is 463 g/mol. The number of hydrogen-bond donors (Lipinski definition) is 3. The van der Waals surface area contributed by atoms with Crippen LogP contribution in [0.3, 0.4) is 0 Å². The molecule has 2 fully saturated rings. The van der Waals surface area contributed by atoms with Crippen LogP contribution in [0.5, 0.6) is 0 Å². The normalized spacial score (nSPS) is 26.5. The van der Waals surface area contributed by atoms with E-state index in [2.05, 4.69) is 36.6 Å². The molecule has 0 radical (unpaired) electrons. The molecule has 2 aliphatic rings. The van der Waals surface area contributed by atoms with Crippen molar-refractivity contribution in [2.45, 2.75) is 83.9 Å². The summed E-state index contributed by atoms with van der Waals surface area (Å²) in [5.41, 5.74) is 1.16. The number of urea groups is 1. The Hall–Kier alpha value is -1.79. The van der Waals surface area contributed by atoms with Crippen LogP contribution < -0.4 is 10.6 Å². The maximum Gasteiger partial charge on any atom is 0.315 e. The van der Waals surface area contributed by atoms with E-state index in [4.69, 9.17) is 11.6 Å². The highest BCUT2D eigenvalue weighted by atomic mass is 35.5. The second-order valence-electron chi connectivity index (χ2n) is 10.5. The largest absolute Gasteiger partial charge is 0.393 e. The maximum atomic E-state index is 13.4. The molecule has 1 saturated carbocycles. The molecule has 1 aliphatic heterocycles. The van der Waals surface area contributed by atoms with Crippen LogP contribution in [0, 0.1) is 11.3 Å². The lowest BCUT2D eigenvalue weighted by Gasteiger charge is -2.45.